The summed E-state index contributed by atoms with van der Waals surface area (Å²) in [7, 11) is 1.55. The third kappa shape index (κ3) is 5.58. The Morgan fingerprint density at radius 1 is 1.45 bits per heavy atom. The minimum Gasteiger partial charge on any atom is -0.435 e. The summed E-state index contributed by atoms with van der Waals surface area (Å²) in [5, 5.41) is 2.80. The molecule has 1 aromatic carbocycles. The molecule has 8 nitrogen and oxygen atoms in total. The number of hydrogen-bond acceptors (Lipinski definition) is 6. The van der Waals surface area contributed by atoms with Crippen LogP contribution in [0.3, 0.4) is 0 Å². The predicted octanol–water partition coefficient (Wildman–Crippen LogP) is 3.14. The standard InChI is InChI=1S/C19H22F2N4O4/c1-12-15(9-22-17(23-12)11-27-2)24-19(26)25-6-7-28-16(10-25)13-4-3-5-14(8-13)29-18(20)21/h3-5,8-9,16,18H,6-7,10-11H2,1-2H3,(H,24,26). The Bertz CT molecular complexity index is 853. The highest BCUT2D eigenvalue weighted by atomic mass is 19.3. The number of nitrogens with one attached hydrogen (secondary N) is 1. The number of aryl methyl sites for hydroxylation is 1. The third-order valence-electron chi connectivity index (χ3n) is 4.35. The van der Waals surface area contributed by atoms with Gasteiger partial charge in [-0.25, -0.2) is 14.8 Å². The first kappa shape index (κ1) is 20.9. The summed E-state index contributed by atoms with van der Waals surface area (Å²) in [5.41, 5.74) is 1.79. The number of halogens is 2. The van der Waals surface area contributed by atoms with Gasteiger partial charge < -0.3 is 24.4 Å². The zero-order valence-electron chi connectivity index (χ0n) is 16.1. The first-order chi connectivity index (χ1) is 14.0. The van der Waals surface area contributed by atoms with Crippen LogP contribution in [0.4, 0.5) is 19.3 Å². The minimum atomic E-state index is -2.90. The molecule has 0 spiro atoms. The second kappa shape index (κ2) is 9.57. The van der Waals surface area contributed by atoms with Gasteiger partial charge in [-0.2, -0.15) is 8.78 Å². The number of anilines is 1. The van der Waals surface area contributed by atoms with E-state index in [4.69, 9.17) is 9.47 Å². The van der Waals surface area contributed by atoms with Crippen molar-refractivity contribution in [3.05, 3.63) is 47.5 Å². The summed E-state index contributed by atoms with van der Waals surface area (Å²) in [6, 6.07) is 5.97. The van der Waals surface area contributed by atoms with Gasteiger partial charge in [0.1, 0.15) is 18.5 Å². The predicted molar refractivity (Wildman–Crippen MR) is 99.8 cm³/mol. The highest BCUT2D eigenvalue weighted by Gasteiger charge is 2.26. The van der Waals surface area contributed by atoms with Crippen LogP contribution >= 0.6 is 0 Å². The zero-order valence-corrected chi connectivity index (χ0v) is 16.1. The number of rotatable bonds is 6. The largest absolute Gasteiger partial charge is 0.435 e. The number of ether oxygens (including phenoxy) is 3. The van der Waals surface area contributed by atoms with Gasteiger partial charge in [-0.3, -0.25) is 0 Å². The average molecular weight is 408 g/mol. The Kier molecular flexibility index (Phi) is 6.89. The highest BCUT2D eigenvalue weighted by molar-refractivity contribution is 5.89. The Morgan fingerprint density at radius 2 is 2.28 bits per heavy atom. The Labute approximate surface area is 166 Å². The Hall–Kier alpha value is -2.85. The first-order valence-corrected chi connectivity index (χ1v) is 9.00. The Morgan fingerprint density at radius 3 is 3.00 bits per heavy atom. The van der Waals surface area contributed by atoms with E-state index in [2.05, 4.69) is 20.0 Å². The number of urea groups is 1. The van der Waals surface area contributed by atoms with E-state index in [1.165, 1.54) is 18.3 Å². The van der Waals surface area contributed by atoms with Crippen LogP contribution in [0, 0.1) is 6.92 Å². The van der Waals surface area contributed by atoms with Gasteiger partial charge in [0.05, 0.1) is 30.7 Å². The number of methoxy groups -OCH3 is 1. The molecule has 10 heteroatoms. The van der Waals surface area contributed by atoms with Crippen molar-refractivity contribution in [1.29, 1.82) is 0 Å². The fraction of sp³-hybridized carbons (Fsp3) is 0.421. The molecule has 3 rings (SSSR count). The van der Waals surface area contributed by atoms with Crippen molar-refractivity contribution < 1.29 is 27.8 Å². The molecule has 0 aliphatic carbocycles. The summed E-state index contributed by atoms with van der Waals surface area (Å²) in [6.07, 6.45) is 1.09. The van der Waals surface area contributed by atoms with Crippen LogP contribution in [-0.2, 0) is 16.1 Å². The molecular formula is C19H22F2N4O4. The van der Waals surface area contributed by atoms with Gasteiger partial charge in [0.2, 0.25) is 0 Å². The number of aromatic nitrogens is 2. The van der Waals surface area contributed by atoms with Crippen molar-refractivity contribution in [2.45, 2.75) is 26.2 Å². The van der Waals surface area contributed by atoms with Crippen LogP contribution in [0.15, 0.2) is 30.5 Å². The molecule has 2 heterocycles. The van der Waals surface area contributed by atoms with Gasteiger partial charge in [0.25, 0.3) is 0 Å². The van der Waals surface area contributed by atoms with Crippen LogP contribution in [-0.4, -0.2) is 54.3 Å². The van der Waals surface area contributed by atoms with Crippen molar-refractivity contribution in [2.75, 3.05) is 32.1 Å². The number of hydrogen-bond donors (Lipinski definition) is 1. The lowest BCUT2D eigenvalue weighted by molar-refractivity contribution is -0.0503. The summed E-state index contributed by atoms with van der Waals surface area (Å²) < 4.78 is 40.0. The monoisotopic (exact) mass is 408 g/mol. The number of amides is 2. The molecule has 1 N–H and O–H groups in total. The lowest BCUT2D eigenvalue weighted by Gasteiger charge is -2.33. The molecule has 2 aromatic rings. The van der Waals surface area contributed by atoms with Crippen LogP contribution in [0.2, 0.25) is 0 Å². The average Bonchev–Trinajstić information content (AvgIpc) is 2.70. The van der Waals surface area contributed by atoms with E-state index in [0.29, 0.717) is 35.9 Å². The van der Waals surface area contributed by atoms with E-state index in [1.807, 2.05) is 0 Å². The summed E-state index contributed by atoms with van der Waals surface area (Å²) in [5.74, 6) is 0.576. The molecule has 1 unspecified atom stereocenters. The van der Waals surface area contributed by atoms with Crippen molar-refractivity contribution in [2.24, 2.45) is 0 Å². The molecule has 1 saturated heterocycles. The first-order valence-electron chi connectivity index (χ1n) is 9.00. The number of carbonyl (C=O) groups excluding carboxylic acids is 1. The quantitative estimate of drug-likeness (QED) is 0.790. The summed E-state index contributed by atoms with van der Waals surface area (Å²) >= 11 is 0. The molecule has 1 aliphatic rings. The Balaban J connectivity index is 1.65. The number of carbonyl (C=O) groups is 1. The SMILES string of the molecule is COCc1ncc(NC(=O)N2CCOC(c3cccc(OC(F)F)c3)C2)c(C)n1. The lowest BCUT2D eigenvalue weighted by Crippen LogP contribution is -2.44. The smallest absolute Gasteiger partial charge is 0.387 e. The van der Waals surface area contributed by atoms with Gasteiger partial charge in [-0.15, -0.1) is 0 Å². The van der Waals surface area contributed by atoms with Gasteiger partial charge in [0, 0.05) is 13.7 Å². The van der Waals surface area contributed by atoms with Crippen LogP contribution in [0.1, 0.15) is 23.2 Å². The molecule has 156 valence electrons. The molecule has 2 amide bonds. The number of morpholine rings is 1. The number of alkyl halides is 2. The van der Waals surface area contributed by atoms with Crippen molar-refractivity contribution in [1.82, 2.24) is 14.9 Å². The van der Waals surface area contributed by atoms with Crippen LogP contribution in [0.25, 0.3) is 0 Å². The van der Waals surface area contributed by atoms with Gasteiger partial charge >= 0.3 is 12.6 Å². The molecule has 1 atom stereocenters. The summed E-state index contributed by atoms with van der Waals surface area (Å²) in [4.78, 5) is 22.7. The molecule has 0 bridgehead atoms. The second-order valence-electron chi connectivity index (χ2n) is 6.40. The lowest BCUT2D eigenvalue weighted by atomic mass is 10.1. The topological polar surface area (TPSA) is 85.8 Å². The number of nitrogens with zero attached hydrogens (tertiary/aromatic N) is 3. The number of benzene rings is 1. The normalized spacial score (nSPS) is 16.7. The van der Waals surface area contributed by atoms with Gasteiger partial charge in [-0.05, 0) is 24.6 Å². The second-order valence-corrected chi connectivity index (χ2v) is 6.40. The fourth-order valence-corrected chi connectivity index (χ4v) is 2.96. The van der Waals surface area contributed by atoms with Crippen molar-refractivity contribution >= 4 is 11.7 Å². The van der Waals surface area contributed by atoms with Crippen molar-refractivity contribution in [3.63, 3.8) is 0 Å². The summed E-state index contributed by atoms with van der Waals surface area (Å²) in [6.45, 7) is 0.144. The molecule has 1 fully saturated rings. The van der Waals surface area contributed by atoms with E-state index in [1.54, 1.807) is 31.1 Å². The molecule has 0 saturated carbocycles. The fourth-order valence-electron chi connectivity index (χ4n) is 2.96. The van der Waals surface area contributed by atoms with E-state index >= 15 is 0 Å². The molecule has 0 radical (unpaired) electrons. The maximum atomic E-state index is 12.7. The van der Waals surface area contributed by atoms with E-state index in [9.17, 15) is 13.6 Å². The molecular weight excluding hydrogens is 386 g/mol. The van der Waals surface area contributed by atoms with Crippen molar-refractivity contribution in [3.8, 4) is 5.75 Å². The van der Waals surface area contributed by atoms with Crippen LogP contribution in [0.5, 0.6) is 5.75 Å². The molecule has 29 heavy (non-hydrogen) atoms. The van der Waals surface area contributed by atoms with Crippen LogP contribution < -0.4 is 10.1 Å². The van der Waals surface area contributed by atoms with E-state index in [-0.39, 0.29) is 24.9 Å². The van der Waals surface area contributed by atoms with E-state index in [0.717, 1.165) is 0 Å². The zero-order chi connectivity index (χ0) is 20.8. The highest BCUT2D eigenvalue weighted by Crippen LogP contribution is 2.26. The third-order valence-corrected chi connectivity index (χ3v) is 4.35. The molecule has 1 aromatic heterocycles. The maximum absolute atomic E-state index is 12.7. The van der Waals surface area contributed by atoms with Gasteiger partial charge in [0.15, 0.2) is 5.82 Å². The minimum absolute atomic E-state index is 0.0478. The molecule has 1 aliphatic heterocycles. The van der Waals surface area contributed by atoms with E-state index < -0.39 is 12.7 Å². The maximum Gasteiger partial charge on any atom is 0.387 e. The van der Waals surface area contributed by atoms with Gasteiger partial charge in [-0.1, -0.05) is 12.1 Å².